The minimum atomic E-state index is 0.0218. The maximum absolute atomic E-state index is 4.38. The van der Waals surface area contributed by atoms with Gasteiger partial charge in [-0.2, -0.15) is 5.10 Å². The lowest BCUT2D eigenvalue weighted by Gasteiger charge is -2.18. The molecule has 0 bridgehead atoms. The number of aromatic nitrogens is 3. The van der Waals surface area contributed by atoms with Crippen LogP contribution in [0.4, 0.5) is 5.69 Å². The van der Waals surface area contributed by atoms with Crippen LogP contribution < -0.4 is 5.32 Å². The summed E-state index contributed by atoms with van der Waals surface area (Å²) in [5.41, 5.74) is 3.32. The van der Waals surface area contributed by atoms with Gasteiger partial charge in [-0.1, -0.05) is 0 Å². The van der Waals surface area contributed by atoms with Crippen molar-refractivity contribution in [3.63, 3.8) is 0 Å². The molecular formula is C14H19BrN4. The van der Waals surface area contributed by atoms with Crippen molar-refractivity contribution in [3.8, 4) is 0 Å². The van der Waals surface area contributed by atoms with Crippen molar-refractivity contribution in [2.24, 2.45) is 0 Å². The summed E-state index contributed by atoms with van der Waals surface area (Å²) in [4.78, 5) is 4.27. The Labute approximate surface area is 122 Å². The molecule has 0 radical (unpaired) electrons. The molecular weight excluding hydrogens is 304 g/mol. The molecule has 0 unspecified atom stereocenters. The Morgan fingerprint density at radius 2 is 2.05 bits per heavy atom. The summed E-state index contributed by atoms with van der Waals surface area (Å²) < 4.78 is 2.87. The zero-order chi connectivity index (χ0) is 14.0. The first-order valence-electron chi connectivity index (χ1n) is 6.26. The SMILES string of the molecule is Cc1cc(NCc2cnn(C(C)(C)C)c2)cnc1Br. The molecule has 2 aromatic heterocycles. The van der Waals surface area contributed by atoms with Crippen molar-refractivity contribution < 1.29 is 0 Å². The summed E-state index contributed by atoms with van der Waals surface area (Å²) in [7, 11) is 0. The summed E-state index contributed by atoms with van der Waals surface area (Å²) >= 11 is 3.40. The first-order valence-corrected chi connectivity index (χ1v) is 7.05. The molecule has 0 aliphatic rings. The van der Waals surface area contributed by atoms with Crippen molar-refractivity contribution in [1.29, 1.82) is 0 Å². The van der Waals surface area contributed by atoms with Gasteiger partial charge in [-0.15, -0.1) is 0 Å². The Morgan fingerprint density at radius 3 is 2.63 bits per heavy atom. The second kappa shape index (κ2) is 5.33. The lowest BCUT2D eigenvalue weighted by molar-refractivity contribution is 0.355. The average molecular weight is 323 g/mol. The van der Waals surface area contributed by atoms with E-state index in [2.05, 4.69) is 64.4 Å². The molecule has 2 heterocycles. The molecule has 19 heavy (non-hydrogen) atoms. The Balaban J connectivity index is 2.02. The van der Waals surface area contributed by atoms with E-state index in [1.54, 1.807) is 0 Å². The van der Waals surface area contributed by atoms with E-state index < -0.39 is 0 Å². The van der Waals surface area contributed by atoms with Crippen LogP contribution >= 0.6 is 15.9 Å². The fourth-order valence-corrected chi connectivity index (χ4v) is 1.89. The highest BCUT2D eigenvalue weighted by atomic mass is 79.9. The van der Waals surface area contributed by atoms with Crippen LogP contribution in [0.1, 0.15) is 31.9 Å². The Morgan fingerprint density at radius 1 is 1.32 bits per heavy atom. The summed E-state index contributed by atoms with van der Waals surface area (Å²) in [6, 6.07) is 2.07. The second-order valence-electron chi connectivity index (χ2n) is 5.65. The molecule has 0 aromatic carbocycles. The zero-order valence-electron chi connectivity index (χ0n) is 11.7. The normalized spacial score (nSPS) is 11.6. The molecule has 5 heteroatoms. The fourth-order valence-electron chi connectivity index (χ4n) is 1.68. The second-order valence-corrected chi connectivity index (χ2v) is 6.40. The van der Waals surface area contributed by atoms with Gasteiger partial charge in [0.1, 0.15) is 4.60 Å². The zero-order valence-corrected chi connectivity index (χ0v) is 13.3. The smallest absolute Gasteiger partial charge is 0.109 e. The van der Waals surface area contributed by atoms with Gasteiger partial charge >= 0.3 is 0 Å². The van der Waals surface area contributed by atoms with Crippen LogP contribution in [0.2, 0.25) is 0 Å². The topological polar surface area (TPSA) is 42.7 Å². The number of rotatable bonds is 3. The van der Waals surface area contributed by atoms with Gasteiger partial charge in [-0.3, -0.25) is 4.68 Å². The first kappa shape index (κ1) is 14.1. The molecule has 2 rings (SSSR count). The van der Waals surface area contributed by atoms with Gasteiger partial charge in [-0.25, -0.2) is 4.98 Å². The number of pyridine rings is 1. The van der Waals surface area contributed by atoms with Gasteiger partial charge in [0.15, 0.2) is 0 Å². The van der Waals surface area contributed by atoms with Crippen LogP contribution in [-0.4, -0.2) is 14.8 Å². The number of halogens is 1. The van der Waals surface area contributed by atoms with E-state index in [1.807, 2.05) is 24.0 Å². The molecule has 0 fully saturated rings. The summed E-state index contributed by atoms with van der Waals surface area (Å²) in [5.74, 6) is 0. The van der Waals surface area contributed by atoms with Crippen LogP contribution in [0, 0.1) is 6.92 Å². The van der Waals surface area contributed by atoms with E-state index in [4.69, 9.17) is 0 Å². The number of hydrogen-bond donors (Lipinski definition) is 1. The Hall–Kier alpha value is -1.36. The number of hydrogen-bond acceptors (Lipinski definition) is 3. The van der Waals surface area contributed by atoms with Crippen molar-refractivity contribution in [3.05, 3.63) is 40.4 Å². The molecule has 0 spiro atoms. The summed E-state index contributed by atoms with van der Waals surface area (Å²) in [5, 5.41) is 7.74. The van der Waals surface area contributed by atoms with Gasteiger partial charge < -0.3 is 5.32 Å². The van der Waals surface area contributed by atoms with Crippen LogP contribution in [-0.2, 0) is 12.1 Å². The van der Waals surface area contributed by atoms with Crippen LogP contribution in [0.5, 0.6) is 0 Å². The van der Waals surface area contributed by atoms with Gasteiger partial charge in [0.2, 0.25) is 0 Å². The van der Waals surface area contributed by atoms with Crippen LogP contribution in [0.15, 0.2) is 29.3 Å². The molecule has 0 saturated carbocycles. The summed E-state index contributed by atoms with van der Waals surface area (Å²) in [6.45, 7) is 9.19. The van der Waals surface area contributed by atoms with Crippen molar-refractivity contribution in [1.82, 2.24) is 14.8 Å². The third-order valence-corrected chi connectivity index (χ3v) is 3.66. The minimum Gasteiger partial charge on any atom is -0.380 e. The molecule has 102 valence electrons. The van der Waals surface area contributed by atoms with E-state index in [0.29, 0.717) is 0 Å². The number of nitrogens with one attached hydrogen (secondary N) is 1. The molecule has 1 N–H and O–H groups in total. The first-order chi connectivity index (χ1) is 8.86. The number of anilines is 1. The third kappa shape index (κ3) is 3.56. The monoisotopic (exact) mass is 322 g/mol. The van der Waals surface area contributed by atoms with E-state index >= 15 is 0 Å². The standard InChI is InChI=1S/C14H19BrN4/c1-10-5-12(8-17-13(10)15)16-6-11-7-18-19(9-11)14(2,3)4/h5,7-9,16H,6H2,1-4H3. The molecule has 0 aliphatic heterocycles. The van der Waals surface area contributed by atoms with Gasteiger partial charge in [0, 0.05) is 18.3 Å². The maximum atomic E-state index is 4.38. The molecule has 0 amide bonds. The lowest BCUT2D eigenvalue weighted by atomic mass is 10.1. The predicted molar refractivity (Wildman–Crippen MR) is 81.2 cm³/mol. The molecule has 2 aromatic rings. The molecule has 4 nitrogen and oxygen atoms in total. The number of aryl methyl sites for hydroxylation is 1. The summed E-state index contributed by atoms with van der Waals surface area (Å²) in [6.07, 6.45) is 5.80. The molecule has 0 saturated heterocycles. The van der Waals surface area contributed by atoms with E-state index in [9.17, 15) is 0 Å². The average Bonchev–Trinajstić information content (AvgIpc) is 2.79. The minimum absolute atomic E-state index is 0.0218. The van der Waals surface area contributed by atoms with Gasteiger partial charge in [-0.05, 0) is 55.3 Å². The van der Waals surface area contributed by atoms with Crippen molar-refractivity contribution in [2.45, 2.75) is 39.8 Å². The Kier molecular flexibility index (Phi) is 3.94. The highest BCUT2D eigenvalue weighted by Crippen LogP contribution is 2.18. The van der Waals surface area contributed by atoms with Crippen LogP contribution in [0.3, 0.4) is 0 Å². The van der Waals surface area contributed by atoms with Gasteiger partial charge in [0.25, 0.3) is 0 Å². The van der Waals surface area contributed by atoms with E-state index in [-0.39, 0.29) is 5.54 Å². The van der Waals surface area contributed by atoms with Crippen molar-refractivity contribution >= 4 is 21.6 Å². The fraction of sp³-hybridized carbons (Fsp3) is 0.429. The lowest BCUT2D eigenvalue weighted by Crippen LogP contribution is -2.21. The Bertz CT molecular complexity index is 569. The highest BCUT2D eigenvalue weighted by molar-refractivity contribution is 9.10. The third-order valence-electron chi connectivity index (χ3n) is 2.83. The quantitative estimate of drug-likeness (QED) is 0.876. The number of nitrogens with zero attached hydrogens (tertiary/aromatic N) is 3. The van der Waals surface area contributed by atoms with Crippen LogP contribution in [0.25, 0.3) is 0 Å². The highest BCUT2D eigenvalue weighted by Gasteiger charge is 2.13. The predicted octanol–water partition coefficient (Wildman–Crippen LogP) is 3.72. The van der Waals surface area contributed by atoms with E-state index in [0.717, 1.165) is 28.0 Å². The van der Waals surface area contributed by atoms with Gasteiger partial charge in [0.05, 0.1) is 23.6 Å². The molecule has 0 aliphatic carbocycles. The largest absolute Gasteiger partial charge is 0.380 e. The van der Waals surface area contributed by atoms with E-state index in [1.165, 1.54) is 0 Å². The maximum Gasteiger partial charge on any atom is 0.109 e. The van der Waals surface area contributed by atoms with Crippen molar-refractivity contribution in [2.75, 3.05) is 5.32 Å². The molecule has 0 atom stereocenters.